The molecule has 98 valence electrons. The molecule has 0 atom stereocenters. The Morgan fingerprint density at radius 1 is 1.21 bits per heavy atom. The topological polar surface area (TPSA) is 81.2 Å². The molecule has 0 radical (unpaired) electrons. The quantitative estimate of drug-likeness (QED) is 0.637. The predicted molar refractivity (Wildman–Crippen MR) is 72.9 cm³/mol. The zero-order valence-corrected chi connectivity index (χ0v) is 10.6. The van der Waals surface area contributed by atoms with Crippen LogP contribution >= 0.6 is 0 Å². The standard InChI is InChI=1S/C14H15N3O2/c1-2-18-10-5-3-6-11(9-10)19-13-8-4-7-12(17-13)14(15)16/h3-9H,2H2,1H3,(H3,15,16). The Labute approximate surface area is 111 Å². The Morgan fingerprint density at radius 2 is 1.95 bits per heavy atom. The molecular weight excluding hydrogens is 242 g/mol. The molecule has 0 aliphatic rings. The highest BCUT2D eigenvalue weighted by Gasteiger charge is 2.03. The summed E-state index contributed by atoms with van der Waals surface area (Å²) in [5.41, 5.74) is 5.77. The first kappa shape index (κ1) is 12.9. The molecule has 0 saturated carbocycles. The van der Waals surface area contributed by atoms with E-state index < -0.39 is 0 Å². The second-order valence-corrected chi connectivity index (χ2v) is 3.78. The van der Waals surface area contributed by atoms with Crippen LogP contribution in [0.25, 0.3) is 0 Å². The summed E-state index contributed by atoms with van der Waals surface area (Å²) in [5.74, 6) is 1.66. The molecule has 19 heavy (non-hydrogen) atoms. The lowest BCUT2D eigenvalue weighted by atomic mass is 10.3. The first-order valence-corrected chi connectivity index (χ1v) is 5.91. The highest BCUT2D eigenvalue weighted by atomic mass is 16.5. The number of rotatable bonds is 5. The number of benzene rings is 1. The third-order valence-electron chi connectivity index (χ3n) is 2.34. The minimum absolute atomic E-state index is 0.0893. The van der Waals surface area contributed by atoms with Gasteiger partial charge < -0.3 is 15.2 Å². The maximum Gasteiger partial charge on any atom is 0.219 e. The number of pyridine rings is 1. The van der Waals surface area contributed by atoms with Crippen LogP contribution in [0.3, 0.4) is 0 Å². The van der Waals surface area contributed by atoms with Crippen molar-refractivity contribution in [1.82, 2.24) is 4.98 Å². The summed E-state index contributed by atoms with van der Waals surface area (Å²) in [6, 6.07) is 12.4. The van der Waals surface area contributed by atoms with Crippen molar-refractivity contribution in [3.05, 3.63) is 48.2 Å². The average Bonchev–Trinajstić information content (AvgIpc) is 2.40. The molecule has 0 bridgehead atoms. The molecule has 2 aromatic rings. The molecule has 0 fully saturated rings. The fourth-order valence-electron chi connectivity index (χ4n) is 1.54. The lowest BCUT2D eigenvalue weighted by Crippen LogP contribution is -2.13. The van der Waals surface area contributed by atoms with Crippen molar-refractivity contribution < 1.29 is 9.47 Å². The van der Waals surface area contributed by atoms with E-state index in [2.05, 4.69) is 4.98 Å². The molecule has 0 saturated heterocycles. The lowest BCUT2D eigenvalue weighted by molar-refractivity contribution is 0.338. The van der Waals surface area contributed by atoms with Gasteiger partial charge >= 0.3 is 0 Å². The van der Waals surface area contributed by atoms with Crippen molar-refractivity contribution in [3.8, 4) is 17.4 Å². The van der Waals surface area contributed by atoms with Crippen LogP contribution in [0.4, 0.5) is 0 Å². The van der Waals surface area contributed by atoms with Gasteiger partial charge in [0.05, 0.1) is 6.61 Å². The van der Waals surface area contributed by atoms with Crippen LogP contribution in [0, 0.1) is 5.41 Å². The van der Waals surface area contributed by atoms with Crippen LogP contribution in [0.5, 0.6) is 17.4 Å². The van der Waals surface area contributed by atoms with Crippen LogP contribution < -0.4 is 15.2 Å². The highest BCUT2D eigenvalue weighted by molar-refractivity contribution is 5.93. The van der Waals surface area contributed by atoms with E-state index in [1.54, 1.807) is 24.3 Å². The molecule has 5 heteroatoms. The molecule has 0 spiro atoms. The summed E-state index contributed by atoms with van der Waals surface area (Å²) in [5, 5.41) is 7.34. The van der Waals surface area contributed by atoms with E-state index in [0.717, 1.165) is 5.75 Å². The highest BCUT2D eigenvalue weighted by Crippen LogP contribution is 2.24. The SMILES string of the molecule is CCOc1cccc(Oc2cccc(C(=N)N)n2)c1. The zero-order chi connectivity index (χ0) is 13.7. The number of hydrogen-bond donors (Lipinski definition) is 2. The molecule has 0 unspecified atom stereocenters. The second-order valence-electron chi connectivity index (χ2n) is 3.78. The summed E-state index contributed by atoms with van der Waals surface area (Å²) in [6.07, 6.45) is 0. The van der Waals surface area contributed by atoms with E-state index in [-0.39, 0.29) is 5.84 Å². The van der Waals surface area contributed by atoms with Crippen molar-refractivity contribution in [2.75, 3.05) is 6.61 Å². The number of nitrogens with zero attached hydrogens (tertiary/aromatic N) is 1. The lowest BCUT2D eigenvalue weighted by Gasteiger charge is -2.08. The van der Waals surface area contributed by atoms with Gasteiger partial charge in [0.2, 0.25) is 5.88 Å². The van der Waals surface area contributed by atoms with E-state index in [1.165, 1.54) is 0 Å². The number of nitrogens with two attached hydrogens (primary N) is 1. The summed E-state index contributed by atoms with van der Waals surface area (Å²) in [4.78, 5) is 4.13. The van der Waals surface area contributed by atoms with Gasteiger partial charge in [-0.15, -0.1) is 0 Å². The largest absolute Gasteiger partial charge is 0.494 e. The fraction of sp³-hybridized carbons (Fsp3) is 0.143. The Morgan fingerprint density at radius 3 is 2.68 bits per heavy atom. The monoisotopic (exact) mass is 257 g/mol. The number of nitrogens with one attached hydrogen (secondary N) is 1. The number of nitrogen functional groups attached to an aromatic ring is 1. The van der Waals surface area contributed by atoms with Crippen LogP contribution in [-0.4, -0.2) is 17.4 Å². The van der Waals surface area contributed by atoms with Gasteiger partial charge in [-0.3, -0.25) is 5.41 Å². The minimum atomic E-state index is -0.0893. The van der Waals surface area contributed by atoms with Crippen LogP contribution in [0.1, 0.15) is 12.6 Å². The summed E-state index contributed by atoms with van der Waals surface area (Å²) in [7, 11) is 0. The van der Waals surface area contributed by atoms with Gasteiger partial charge in [0.25, 0.3) is 0 Å². The van der Waals surface area contributed by atoms with Gasteiger partial charge in [-0.2, -0.15) is 0 Å². The van der Waals surface area contributed by atoms with Gasteiger partial charge in [0.1, 0.15) is 23.0 Å². The predicted octanol–water partition coefficient (Wildman–Crippen LogP) is 2.56. The first-order chi connectivity index (χ1) is 9.19. The molecule has 3 N–H and O–H groups in total. The summed E-state index contributed by atoms with van der Waals surface area (Å²) >= 11 is 0. The Balaban J connectivity index is 2.18. The van der Waals surface area contributed by atoms with Crippen LogP contribution in [0.2, 0.25) is 0 Å². The van der Waals surface area contributed by atoms with Crippen molar-refractivity contribution >= 4 is 5.84 Å². The molecule has 2 rings (SSSR count). The maximum absolute atomic E-state index is 7.34. The van der Waals surface area contributed by atoms with Gasteiger partial charge in [0.15, 0.2) is 0 Å². The number of aromatic nitrogens is 1. The van der Waals surface area contributed by atoms with Gasteiger partial charge in [-0.25, -0.2) is 4.98 Å². The smallest absolute Gasteiger partial charge is 0.219 e. The van der Waals surface area contributed by atoms with Gasteiger partial charge in [-0.1, -0.05) is 12.1 Å². The molecule has 5 nitrogen and oxygen atoms in total. The third kappa shape index (κ3) is 3.45. The Kier molecular flexibility index (Phi) is 3.97. The van der Waals surface area contributed by atoms with Crippen LogP contribution in [-0.2, 0) is 0 Å². The van der Waals surface area contributed by atoms with E-state index in [0.29, 0.717) is 23.9 Å². The van der Waals surface area contributed by atoms with E-state index in [1.807, 2.05) is 25.1 Å². The fourth-order valence-corrected chi connectivity index (χ4v) is 1.54. The normalized spacial score (nSPS) is 9.95. The molecule has 0 aliphatic heterocycles. The second kappa shape index (κ2) is 5.86. The first-order valence-electron chi connectivity index (χ1n) is 5.91. The molecule has 1 aromatic carbocycles. The van der Waals surface area contributed by atoms with Gasteiger partial charge in [-0.05, 0) is 25.1 Å². The zero-order valence-electron chi connectivity index (χ0n) is 10.6. The molecule has 1 aromatic heterocycles. The van der Waals surface area contributed by atoms with Crippen LogP contribution in [0.15, 0.2) is 42.5 Å². The van der Waals surface area contributed by atoms with Crippen molar-refractivity contribution in [1.29, 1.82) is 5.41 Å². The molecule has 1 heterocycles. The average molecular weight is 257 g/mol. The van der Waals surface area contributed by atoms with Crippen molar-refractivity contribution in [2.45, 2.75) is 6.92 Å². The third-order valence-corrected chi connectivity index (χ3v) is 2.34. The number of ether oxygens (including phenoxy) is 2. The van der Waals surface area contributed by atoms with E-state index >= 15 is 0 Å². The van der Waals surface area contributed by atoms with E-state index in [9.17, 15) is 0 Å². The maximum atomic E-state index is 7.34. The van der Waals surface area contributed by atoms with Gasteiger partial charge in [0, 0.05) is 12.1 Å². The van der Waals surface area contributed by atoms with E-state index in [4.69, 9.17) is 20.6 Å². The van der Waals surface area contributed by atoms with Crippen molar-refractivity contribution in [3.63, 3.8) is 0 Å². The molecule has 0 amide bonds. The molecule has 0 aliphatic carbocycles. The Hall–Kier alpha value is -2.56. The van der Waals surface area contributed by atoms with Crippen molar-refractivity contribution in [2.24, 2.45) is 5.73 Å². The molecular formula is C14H15N3O2. The number of hydrogen-bond acceptors (Lipinski definition) is 4. The number of amidine groups is 1. The summed E-state index contributed by atoms with van der Waals surface area (Å²) in [6.45, 7) is 2.52. The summed E-state index contributed by atoms with van der Waals surface area (Å²) < 4.78 is 11.0. The Bertz CT molecular complexity index is 584. The minimum Gasteiger partial charge on any atom is -0.494 e.